The molecule has 2 aromatic rings. The summed E-state index contributed by atoms with van der Waals surface area (Å²) in [4.78, 5) is 14.1. The summed E-state index contributed by atoms with van der Waals surface area (Å²) >= 11 is 0. The SMILES string of the molecule is C[C@@]12C(=O)[C@@](C)(C(c3ccccc3)=C1c1ccccc1)[C@H]1C=CN(S(C)(=O)=O)C=C[C@H]12. The molecule has 4 atom stereocenters. The molecule has 2 aliphatic carbocycles. The minimum atomic E-state index is -3.42. The van der Waals surface area contributed by atoms with E-state index in [9.17, 15) is 13.2 Å². The van der Waals surface area contributed by atoms with Crippen LogP contribution in [0.25, 0.3) is 11.1 Å². The summed E-state index contributed by atoms with van der Waals surface area (Å²) in [5.41, 5.74) is 2.69. The van der Waals surface area contributed by atoms with Crippen LogP contribution in [-0.4, -0.2) is 24.8 Å². The average molecular weight is 432 g/mol. The molecule has 5 heteroatoms. The Labute approximate surface area is 183 Å². The number of sulfonamides is 1. The van der Waals surface area contributed by atoms with Gasteiger partial charge in [0.2, 0.25) is 10.0 Å². The summed E-state index contributed by atoms with van der Waals surface area (Å²) in [7, 11) is -3.42. The van der Waals surface area contributed by atoms with Crippen LogP contribution in [0.15, 0.2) is 85.2 Å². The lowest BCUT2D eigenvalue weighted by atomic mass is 9.62. The number of carbonyl (C=O) groups is 1. The maximum atomic E-state index is 14.1. The second-order valence-electron chi connectivity index (χ2n) is 9.04. The van der Waals surface area contributed by atoms with Crippen molar-refractivity contribution >= 4 is 27.0 Å². The summed E-state index contributed by atoms with van der Waals surface area (Å²) in [5.74, 6) is -0.0545. The Morgan fingerprint density at radius 2 is 1.13 bits per heavy atom. The van der Waals surface area contributed by atoms with Gasteiger partial charge in [-0.25, -0.2) is 8.42 Å². The van der Waals surface area contributed by atoms with Gasteiger partial charge in [-0.15, -0.1) is 0 Å². The third kappa shape index (κ3) is 2.59. The van der Waals surface area contributed by atoms with Crippen LogP contribution in [0.2, 0.25) is 0 Å². The van der Waals surface area contributed by atoms with Crippen molar-refractivity contribution in [2.75, 3.05) is 6.26 Å². The number of Topliss-reactive ketones (excluding diaryl/α,β-unsaturated/α-hetero) is 1. The van der Waals surface area contributed by atoms with E-state index in [1.165, 1.54) is 10.6 Å². The van der Waals surface area contributed by atoms with Crippen molar-refractivity contribution in [3.05, 3.63) is 96.3 Å². The predicted octanol–water partition coefficient (Wildman–Crippen LogP) is 4.74. The molecule has 2 bridgehead atoms. The molecule has 0 N–H and O–H groups in total. The van der Waals surface area contributed by atoms with Gasteiger partial charge in [-0.3, -0.25) is 9.10 Å². The molecular weight excluding hydrogens is 406 g/mol. The molecule has 0 saturated heterocycles. The van der Waals surface area contributed by atoms with E-state index >= 15 is 0 Å². The minimum Gasteiger partial charge on any atom is -0.298 e. The van der Waals surface area contributed by atoms with Gasteiger partial charge in [0, 0.05) is 24.2 Å². The highest BCUT2D eigenvalue weighted by atomic mass is 32.2. The number of fused-ring (bicyclic) bond motifs is 5. The molecule has 0 aromatic heterocycles. The number of ketones is 1. The average Bonchev–Trinajstić information content (AvgIpc) is 2.95. The third-order valence-corrected chi connectivity index (χ3v) is 8.35. The fourth-order valence-corrected chi connectivity index (χ4v) is 6.57. The van der Waals surface area contributed by atoms with Crippen LogP contribution in [0.3, 0.4) is 0 Å². The first-order valence-electron chi connectivity index (χ1n) is 10.5. The smallest absolute Gasteiger partial charge is 0.235 e. The number of rotatable bonds is 3. The summed E-state index contributed by atoms with van der Waals surface area (Å²) in [6.45, 7) is 4.07. The largest absolute Gasteiger partial charge is 0.298 e. The third-order valence-electron chi connectivity index (χ3n) is 7.34. The van der Waals surface area contributed by atoms with E-state index in [0.717, 1.165) is 22.3 Å². The van der Waals surface area contributed by atoms with Crippen molar-refractivity contribution in [2.24, 2.45) is 22.7 Å². The molecule has 1 fully saturated rings. The van der Waals surface area contributed by atoms with Crippen LogP contribution in [0.1, 0.15) is 25.0 Å². The van der Waals surface area contributed by atoms with Crippen LogP contribution in [-0.2, 0) is 14.8 Å². The molecule has 1 saturated carbocycles. The quantitative estimate of drug-likeness (QED) is 0.705. The summed E-state index contributed by atoms with van der Waals surface area (Å²) < 4.78 is 25.6. The second-order valence-corrected chi connectivity index (χ2v) is 10.9. The zero-order chi connectivity index (χ0) is 22.0. The van der Waals surface area contributed by atoms with Crippen molar-refractivity contribution in [1.82, 2.24) is 4.31 Å². The maximum Gasteiger partial charge on any atom is 0.235 e. The molecule has 0 amide bonds. The van der Waals surface area contributed by atoms with E-state index < -0.39 is 20.9 Å². The highest BCUT2D eigenvalue weighted by Crippen LogP contribution is 2.72. The number of allylic oxidation sites excluding steroid dienone is 4. The van der Waals surface area contributed by atoms with Crippen molar-refractivity contribution < 1.29 is 13.2 Å². The fourth-order valence-electron chi connectivity index (χ4n) is 5.99. The lowest BCUT2D eigenvalue weighted by Gasteiger charge is -2.39. The van der Waals surface area contributed by atoms with E-state index in [1.807, 2.05) is 62.4 Å². The first-order chi connectivity index (χ1) is 14.7. The molecule has 5 rings (SSSR count). The van der Waals surface area contributed by atoms with Gasteiger partial charge in [-0.1, -0.05) is 72.8 Å². The molecule has 31 heavy (non-hydrogen) atoms. The first-order valence-corrected chi connectivity index (χ1v) is 12.3. The van der Waals surface area contributed by atoms with E-state index in [4.69, 9.17) is 0 Å². The fraction of sp³-hybridized carbons (Fsp3) is 0.269. The van der Waals surface area contributed by atoms with E-state index in [-0.39, 0.29) is 17.6 Å². The van der Waals surface area contributed by atoms with Gasteiger partial charge in [-0.05, 0) is 36.1 Å². The number of nitrogens with zero attached hydrogens (tertiary/aromatic N) is 1. The highest BCUT2D eigenvalue weighted by Gasteiger charge is 2.70. The minimum absolute atomic E-state index is 0.129. The molecule has 2 aromatic carbocycles. The molecule has 0 spiro atoms. The summed E-state index contributed by atoms with van der Waals surface area (Å²) in [6, 6.07) is 20.2. The summed E-state index contributed by atoms with van der Waals surface area (Å²) in [5, 5.41) is 0. The Hall–Kier alpha value is -2.92. The molecule has 1 heterocycles. The molecule has 158 valence electrons. The summed E-state index contributed by atoms with van der Waals surface area (Å²) in [6.07, 6.45) is 8.22. The Bertz CT molecular complexity index is 1180. The zero-order valence-electron chi connectivity index (χ0n) is 17.8. The zero-order valence-corrected chi connectivity index (χ0v) is 18.6. The number of benzene rings is 2. The Balaban J connectivity index is 1.81. The van der Waals surface area contributed by atoms with Gasteiger partial charge in [-0.2, -0.15) is 0 Å². The number of hydrogen-bond donors (Lipinski definition) is 0. The molecule has 3 aliphatic rings. The molecular formula is C26H25NO3S. The maximum absolute atomic E-state index is 14.1. The molecule has 0 radical (unpaired) electrons. The van der Waals surface area contributed by atoms with Gasteiger partial charge in [0.15, 0.2) is 5.78 Å². The number of carbonyl (C=O) groups excluding carboxylic acids is 1. The Morgan fingerprint density at radius 3 is 1.48 bits per heavy atom. The lowest BCUT2D eigenvalue weighted by molar-refractivity contribution is -0.127. The first kappa shape index (κ1) is 20.0. The van der Waals surface area contributed by atoms with Crippen LogP contribution in [0, 0.1) is 22.7 Å². The van der Waals surface area contributed by atoms with E-state index in [0.29, 0.717) is 0 Å². The van der Waals surface area contributed by atoms with Crippen molar-refractivity contribution in [3.63, 3.8) is 0 Å². The normalized spacial score (nSPS) is 31.8. The Kier molecular flexibility index (Phi) is 4.22. The highest BCUT2D eigenvalue weighted by molar-refractivity contribution is 7.88. The second kappa shape index (κ2) is 6.54. The monoisotopic (exact) mass is 431 g/mol. The molecule has 1 aliphatic heterocycles. The van der Waals surface area contributed by atoms with E-state index in [1.54, 1.807) is 12.4 Å². The van der Waals surface area contributed by atoms with Crippen molar-refractivity contribution in [2.45, 2.75) is 13.8 Å². The Morgan fingerprint density at radius 1 is 0.742 bits per heavy atom. The predicted molar refractivity (Wildman–Crippen MR) is 123 cm³/mol. The van der Waals surface area contributed by atoms with E-state index in [2.05, 4.69) is 24.3 Å². The standard InChI is InChI=1S/C26H25NO3S/c1-25-20-14-16-27(31(3,29)30)17-15-21(20)26(2,24(25)28)23(19-12-8-5-9-13-19)22(25)18-10-6-4-7-11-18/h4-17,20-21H,1-3H3/t20-,21+,25+,26-. The van der Waals surface area contributed by atoms with Gasteiger partial charge >= 0.3 is 0 Å². The van der Waals surface area contributed by atoms with Gasteiger partial charge in [0.1, 0.15) is 0 Å². The van der Waals surface area contributed by atoms with Gasteiger partial charge in [0.25, 0.3) is 0 Å². The van der Waals surface area contributed by atoms with Crippen LogP contribution in [0.4, 0.5) is 0 Å². The van der Waals surface area contributed by atoms with Crippen LogP contribution >= 0.6 is 0 Å². The lowest BCUT2D eigenvalue weighted by Crippen LogP contribution is -2.31. The van der Waals surface area contributed by atoms with Crippen LogP contribution in [0.5, 0.6) is 0 Å². The number of hydrogen-bond acceptors (Lipinski definition) is 3. The topological polar surface area (TPSA) is 54.5 Å². The van der Waals surface area contributed by atoms with Gasteiger partial charge < -0.3 is 0 Å². The molecule has 4 nitrogen and oxygen atoms in total. The van der Waals surface area contributed by atoms with Crippen molar-refractivity contribution in [1.29, 1.82) is 0 Å². The van der Waals surface area contributed by atoms with Crippen molar-refractivity contribution in [3.8, 4) is 0 Å². The molecule has 0 unspecified atom stereocenters. The van der Waals surface area contributed by atoms with Gasteiger partial charge in [0.05, 0.1) is 17.1 Å². The van der Waals surface area contributed by atoms with Crippen LogP contribution < -0.4 is 0 Å².